The minimum absolute atomic E-state index is 0. The molecule has 88 valence electrons. The Morgan fingerprint density at radius 2 is 2.12 bits per heavy atom. The molecule has 1 aromatic heterocycles. The van der Waals surface area contributed by atoms with Crippen LogP contribution in [-0.4, -0.2) is 22.1 Å². The van der Waals surface area contributed by atoms with Gasteiger partial charge in [-0.15, -0.1) is 0 Å². The number of fused-ring (bicyclic) bond motifs is 1. The number of nitrogens with one attached hydrogen (secondary N) is 1. The van der Waals surface area contributed by atoms with Gasteiger partial charge in [0.25, 0.3) is 0 Å². The summed E-state index contributed by atoms with van der Waals surface area (Å²) in [6, 6.07) is 6.91. The molecule has 0 aliphatic rings. The fourth-order valence-electron chi connectivity index (χ4n) is 1.62. The van der Waals surface area contributed by atoms with E-state index in [2.05, 4.69) is 4.98 Å². The van der Waals surface area contributed by atoms with Gasteiger partial charge in [0.05, 0.1) is 0 Å². The first kappa shape index (κ1) is 12.8. The van der Waals surface area contributed by atoms with E-state index in [1.54, 1.807) is 0 Å². The van der Waals surface area contributed by atoms with E-state index in [0.29, 0.717) is 6.42 Å². The van der Waals surface area contributed by atoms with E-state index in [0.717, 1.165) is 16.5 Å². The number of hydrogen-bond acceptors (Lipinski definition) is 2. The standard InChI is InChI=1S/C11H12N2O2.Cu/c12-9(11(14)15)5-7-6-13-10-4-2-1-3-8(7)10;/h1-4,6,9,13H,5,12H2,(H,14,15);/q;+1/t9-;/m1./s1. The molecule has 1 atom stereocenters. The Balaban J connectivity index is 0.00000128. The van der Waals surface area contributed by atoms with E-state index in [9.17, 15) is 4.79 Å². The van der Waals surface area contributed by atoms with Crippen LogP contribution < -0.4 is 5.73 Å². The number of para-hydroxylation sites is 1. The molecule has 1 aromatic carbocycles. The second kappa shape index (κ2) is 5.16. The maximum atomic E-state index is 10.6. The van der Waals surface area contributed by atoms with E-state index < -0.39 is 12.0 Å². The molecule has 0 aliphatic carbocycles. The van der Waals surface area contributed by atoms with Crippen LogP contribution in [0.5, 0.6) is 0 Å². The molecule has 0 radical (unpaired) electrons. The van der Waals surface area contributed by atoms with Gasteiger partial charge >= 0.3 is 23.0 Å². The van der Waals surface area contributed by atoms with Crippen LogP contribution in [0.15, 0.2) is 30.5 Å². The number of H-pyrrole nitrogens is 1. The van der Waals surface area contributed by atoms with Crippen LogP contribution in [0.25, 0.3) is 10.9 Å². The van der Waals surface area contributed by atoms with Gasteiger partial charge in [-0.1, -0.05) is 18.2 Å². The summed E-state index contributed by atoms with van der Waals surface area (Å²) in [6.07, 6.45) is 2.16. The van der Waals surface area contributed by atoms with Crippen LogP contribution in [0.4, 0.5) is 0 Å². The van der Waals surface area contributed by atoms with Gasteiger partial charge < -0.3 is 15.8 Å². The Morgan fingerprint density at radius 1 is 1.44 bits per heavy atom. The SMILES string of the molecule is N[C@H](Cc1c[nH]c2ccccc12)C(=O)O.[Cu+]. The molecule has 4 nitrogen and oxygen atoms in total. The van der Waals surface area contributed by atoms with Gasteiger partial charge in [0.2, 0.25) is 0 Å². The third kappa shape index (κ3) is 2.44. The van der Waals surface area contributed by atoms with Crippen molar-refractivity contribution < 1.29 is 27.0 Å². The minimum atomic E-state index is -0.972. The smallest absolute Gasteiger partial charge is 0.480 e. The number of aromatic nitrogens is 1. The zero-order valence-electron chi connectivity index (χ0n) is 8.41. The van der Waals surface area contributed by atoms with Crippen LogP contribution in [-0.2, 0) is 28.3 Å². The summed E-state index contributed by atoms with van der Waals surface area (Å²) in [4.78, 5) is 13.7. The minimum Gasteiger partial charge on any atom is -0.480 e. The molecular weight excluding hydrogens is 256 g/mol. The second-order valence-electron chi connectivity index (χ2n) is 3.51. The Hall–Kier alpha value is -1.29. The maximum absolute atomic E-state index is 10.6. The normalized spacial score (nSPS) is 12.1. The van der Waals surface area contributed by atoms with Crippen molar-refractivity contribution in [2.75, 3.05) is 0 Å². The van der Waals surface area contributed by atoms with E-state index in [1.165, 1.54) is 0 Å². The number of carboxylic acids is 1. The Morgan fingerprint density at radius 3 is 2.81 bits per heavy atom. The molecule has 1 heterocycles. The molecule has 0 spiro atoms. The van der Waals surface area contributed by atoms with Crippen LogP contribution in [0.3, 0.4) is 0 Å². The second-order valence-corrected chi connectivity index (χ2v) is 3.51. The number of carbonyl (C=O) groups is 1. The van der Waals surface area contributed by atoms with Crippen LogP contribution in [0.1, 0.15) is 5.56 Å². The van der Waals surface area contributed by atoms with Gasteiger partial charge in [-0.25, -0.2) is 0 Å². The van der Waals surface area contributed by atoms with Crippen molar-refractivity contribution in [3.8, 4) is 0 Å². The van der Waals surface area contributed by atoms with Gasteiger partial charge in [-0.2, -0.15) is 0 Å². The summed E-state index contributed by atoms with van der Waals surface area (Å²) >= 11 is 0. The molecular formula is C11H12CuN2O2+. The van der Waals surface area contributed by atoms with Gasteiger partial charge in [-0.05, 0) is 11.6 Å². The van der Waals surface area contributed by atoms with E-state index >= 15 is 0 Å². The van der Waals surface area contributed by atoms with Crippen molar-refractivity contribution >= 4 is 16.9 Å². The van der Waals surface area contributed by atoms with Crippen molar-refractivity contribution in [1.82, 2.24) is 4.98 Å². The van der Waals surface area contributed by atoms with Gasteiger partial charge in [0, 0.05) is 23.5 Å². The molecule has 2 rings (SSSR count). The molecule has 2 aromatic rings. The van der Waals surface area contributed by atoms with Crippen molar-refractivity contribution in [2.24, 2.45) is 5.73 Å². The predicted molar refractivity (Wildman–Crippen MR) is 57.6 cm³/mol. The molecule has 0 saturated heterocycles. The average molecular weight is 268 g/mol. The predicted octanol–water partition coefficient (Wildman–Crippen LogP) is 1.12. The topological polar surface area (TPSA) is 79.1 Å². The first-order valence-electron chi connectivity index (χ1n) is 4.72. The van der Waals surface area contributed by atoms with E-state index in [4.69, 9.17) is 10.8 Å². The zero-order chi connectivity index (χ0) is 10.8. The largest absolute Gasteiger partial charge is 1.00 e. The number of hydrogen-bond donors (Lipinski definition) is 3. The number of nitrogens with two attached hydrogens (primary N) is 1. The summed E-state index contributed by atoms with van der Waals surface area (Å²) in [5.74, 6) is -0.972. The molecule has 5 heteroatoms. The Labute approximate surface area is 103 Å². The van der Waals surface area contributed by atoms with Crippen molar-refractivity contribution in [1.29, 1.82) is 0 Å². The molecule has 0 unspecified atom stereocenters. The Bertz CT molecular complexity index is 495. The number of aliphatic carboxylic acids is 1. The number of carboxylic acid groups (broad SMARTS) is 1. The quantitative estimate of drug-likeness (QED) is 0.729. The number of rotatable bonds is 3. The molecule has 0 aliphatic heterocycles. The monoisotopic (exact) mass is 267 g/mol. The first-order chi connectivity index (χ1) is 7.18. The summed E-state index contributed by atoms with van der Waals surface area (Å²) in [6.45, 7) is 0. The summed E-state index contributed by atoms with van der Waals surface area (Å²) in [7, 11) is 0. The van der Waals surface area contributed by atoms with E-state index in [1.807, 2.05) is 30.5 Å². The summed E-state index contributed by atoms with van der Waals surface area (Å²) in [5, 5.41) is 9.75. The zero-order valence-corrected chi connectivity index (χ0v) is 9.35. The van der Waals surface area contributed by atoms with Gasteiger partial charge in [-0.3, -0.25) is 4.79 Å². The van der Waals surface area contributed by atoms with Crippen molar-refractivity contribution in [3.05, 3.63) is 36.0 Å². The fourth-order valence-corrected chi connectivity index (χ4v) is 1.62. The summed E-state index contributed by atoms with van der Waals surface area (Å²) in [5.41, 5.74) is 7.43. The Kier molecular flexibility index (Phi) is 4.12. The van der Waals surface area contributed by atoms with Crippen molar-refractivity contribution in [2.45, 2.75) is 12.5 Å². The molecule has 0 bridgehead atoms. The molecule has 16 heavy (non-hydrogen) atoms. The fraction of sp³-hybridized carbons (Fsp3) is 0.182. The number of aromatic amines is 1. The van der Waals surface area contributed by atoms with Crippen LogP contribution >= 0.6 is 0 Å². The third-order valence-electron chi connectivity index (χ3n) is 2.43. The van der Waals surface area contributed by atoms with Gasteiger partial charge in [0.15, 0.2) is 0 Å². The average Bonchev–Trinajstić information content (AvgIpc) is 2.62. The van der Waals surface area contributed by atoms with Crippen LogP contribution in [0, 0.1) is 0 Å². The van der Waals surface area contributed by atoms with Crippen LogP contribution in [0.2, 0.25) is 0 Å². The molecule has 0 saturated carbocycles. The third-order valence-corrected chi connectivity index (χ3v) is 2.43. The maximum Gasteiger partial charge on any atom is 1.00 e. The van der Waals surface area contributed by atoms with Gasteiger partial charge in [0.1, 0.15) is 6.04 Å². The molecule has 4 N–H and O–H groups in total. The molecule has 0 fully saturated rings. The van der Waals surface area contributed by atoms with E-state index in [-0.39, 0.29) is 17.1 Å². The van der Waals surface area contributed by atoms with Crippen molar-refractivity contribution in [3.63, 3.8) is 0 Å². The first-order valence-corrected chi connectivity index (χ1v) is 4.72. The molecule has 0 amide bonds. The summed E-state index contributed by atoms with van der Waals surface area (Å²) < 4.78 is 0. The number of benzene rings is 1.